The highest BCUT2D eigenvalue weighted by atomic mass is 16.5. The zero-order valence-electron chi connectivity index (χ0n) is 12.9. The maximum absolute atomic E-state index is 5.35. The molecule has 3 aromatic rings. The first-order valence-corrected chi connectivity index (χ1v) is 7.35. The van der Waals surface area contributed by atoms with Gasteiger partial charge in [0.2, 0.25) is 0 Å². The Morgan fingerprint density at radius 1 is 0.818 bits per heavy atom. The number of benzene rings is 2. The van der Waals surface area contributed by atoms with Crippen molar-refractivity contribution < 1.29 is 9.47 Å². The fourth-order valence-electron chi connectivity index (χ4n) is 2.58. The number of rotatable bonds is 5. The van der Waals surface area contributed by atoms with E-state index in [2.05, 4.69) is 23.2 Å². The molecule has 2 aromatic carbocycles. The second kappa shape index (κ2) is 6.48. The molecule has 0 bridgehead atoms. The third kappa shape index (κ3) is 3.03. The average molecular weight is 293 g/mol. The zero-order valence-corrected chi connectivity index (χ0v) is 12.9. The molecule has 0 aliphatic carbocycles. The normalized spacial score (nSPS) is 10.6. The Morgan fingerprint density at radius 2 is 1.59 bits per heavy atom. The SMILES string of the molecule is COc1ccc(CCc2cnc3ccccc3c2)cc1OC. The Morgan fingerprint density at radius 3 is 2.41 bits per heavy atom. The second-order valence-electron chi connectivity index (χ2n) is 5.23. The topological polar surface area (TPSA) is 31.4 Å². The van der Waals surface area contributed by atoms with Crippen LogP contribution in [-0.2, 0) is 12.8 Å². The maximum atomic E-state index is 5.35. The van der Waals surface area contributed by atoms with Crippen molar-refractivity contribution in [3.8, 4) is 11.5 Å². The minimum atomic E-state index is 0.763. The molecule has 0 N–H and O–H groups in total. The van der Waals surface area contributed by atoms with Crippen LogP contribution in [0.4, 0.5) is 0 Å². The van der Waals surface area contributed by atoms with Gasteiger partial charge in [0.1, 0.15) is 0 Å². The van der Waals surface area contributed by atoms with Gasteiger partial charge < -0.3 is 9.47 Å². The van der Waals surface area contributed by atoms with Gasteiger partial charge in [-0.2, -0.15) is 0 Å². The van der Waals surface area contributed by atoms with E-state index < -0.39 is 0 Å². The number of para-hydroxylation sites is 1. The molecule has 0 unspecified atom stereocenters. The summed E-state index contributed by atoms with van der Waals surface area (Å²) < 4.78 is 10.6. The van der Waals surface area contributed by atoms with Crippen molar-refractivity contribution in [2.24, 2.45) is 0 Å². The van der Waals surface area contributed by atoms with Gasteiger partial charge in [0, 0.05) is 11.6 Å². The lowest BCUT2D eigenvalue weighted by Crippen LogP contribution is -1.95. The maximum Gasteiger partial charge on any atom is 0.160 e. The number of fused-ring (bicyclic) bond motifs is 1. The van der Waals surface area contributed by atoms with Gasteiger partial charge >= 0.3 is 0 Å². The summed E-state index contributed by atoms with van der Waals surface area (Å²) in [7, 11) is 3.31. The van der Waals surface area contributed by atoms with E-state index in [0.29, 0.717) is 0 Å². The molecule has 1 aromatic heterocycles. The standard InChI is InChI=1S/C19H19NO2/c1-21-18-10-9-14(12-19(18)22-2)7-8-15-11-16-5-3-4-6-17(16)20-13-15/h3-6,9-13H,7-8H2,1-2H3. The first kappa shape index (κ1) is 14.4. The molecule has 0 amide bonds. The number of ether oxygens (including phenoxy) is 2. The molecular weight excluding hydrogens is 274 g/mol. The Labute approximate surface area is 130 Å². The highest BCUT2D eigenvalue weighted by Gasteiger charge is 2.05. The lowest BCUT2D eigenvalue weighted by Gasteiger charge is -2.09. The van der Waals surface area contributed by atoms with E-state index in [9.17, 15) is 0 Å². The van der Waals surface area contributed by atoms with Crippen molar-refractivity contribution in [3.05, 3.63) is 65.9 Å². The average Bonchev–Trinajstić information content (AvgIpc) is 2.59. The summed E-state index contributed by atoms with van der Waals surface area (Å²) in [5.41, 5.74) is 3.51. The Balaban J connectivity index is 1.76. The highest BCUT2D eigenvalue weighted by Crippen LogP contribution is 2.28. The number of aromatic nitrogens is 1. The van der Waals surface area contributed by atoms with Gasteiger partial charge in [0.15, 0.2) is 11.5 Å². The predicted octanol–water partition coefficient (Wildman–Crippen LogP) is 4.04. The molecule has 3 rings (SSSR count). The monoisotopic (exact) mass is 293 g/mol. The first-order chi connectivity index (χ1) is 10.8. The molecular formula is C19H19NO2. The van der Waals surface area contributed by atoms with E-state index in [4.69, 9.17) is 9.47 Å². The second-order valence-corrected chi connectivity index (χ2v) is 5.23. The molecule has 112 valence electrons. The van der Waals surface area contributed by atoms with E-state index in [1.54, 1.807) is 14.2 Å². The van der Waals surface area contributed by atoms with Crippen LogP contribution in [-0.4, -0.2) is 19.2 Å². The number of hydrogen-bond donors (Lipinski definition) is 0. The Bertz CT molecular complexity index is 783. The minimum absolute atomic E-state index is 0.763. The van der Waals surface area contributed by atoms with Crippen LogP contribution in [0.3, 0.4) is 0 Å². The fourth-order valence-corrected chi connectivity index (χ4v) is 2.58. The molecule has 0 aliphatic rings. The summed E-state index contributed by atoms with van der Waals surface area (Å²) >= 11 is 0. The van der Waals surface area contributed by atoms with Gasteiger partial charge in [-0.15, -0.1) is 0 Å². The number of hydrogen-bond acceptors (Lipinski definition) is 3. The predicted molar refractivity (Wildman–Crippen MR) is 88.7 cm³/mol. The quantitative estimate of drug-likeness (QED) is 0.711. The molecule has 0 saturated carbocycles. The summed E-state index contributed by atoms with van der Waals surface area (Å²) in [6.45, 7) is 0. The molecule has 0 atom stereocenters. The molecule has 22 heavy (non-hydrogen) atoms. The van der Waals surface area contributed by atoms with Crippen LogP contribution in [0.1, 0.15) is 11.1 Å². The third-order valence-electron chi connectivity index (χ3n) is 3.80. The van der Waals surface area contributed by atoms with Crippen molar-refractivity contribution in [2.75, 3.05) is 14.2 Å². The van der Waals surface area contributed by atoms with Crippen molar-refractivity contribution in [3.63, 3.8) is 0 Å². The van der Waals surface area contributed by atoms with Crippen LogP contribution >= 0.6 is 0 Å². The van der Waals surface area contributed by atoms with Crippen LogP contribution in [0, 0.1) is 0 Å². The van der Waals surface area contributed by atoms with Crippen molar-refractivity contribution in [2.45, 2.75) is 12.8 Å². The minimum Gasteiger partial charge on any atom is -0.493 e. The zero-order chi connectivity index (χ0) is 15.4. The largest absolute Gasteiger partial charge is 0.493 e. The lowest BCUT2D eigenvalue weighted by molar-refractivity contribution is 0.354. The highest BCUT2D eigenvalue weighted by molar-refractivity contribution is 5.78. The molecule has 3 nitrogen and oxygen atoms in total. The smallest absolute Gasteiger partial charge is 0.160 e. The number of pyridine rings is 1. The van der Waals surface area contributed by atoms with Crippen LogP contribution in [0.15, 0.2) is 54.7 Å². The van der Waals surface area contributed by atoms with Gasteiger partial charge in [0.25, 0.3) is 0 Å². The Kier molecular flexibility index (Phi) is 4.24. The molecule has 0 fully saturated rings. The Hall–Kier alpha value is -2.55. The van der Waals surface area contributed by atoms with Gasteiger partial charge in [-0.05, 0) is 48.2 Å². The van der Waals surface area contributed by atoms with E-state index in [1.807, 2.05) is 36.5 Å². The summed E-state index contributed by atoms with van der Waals surface area (Å²) in [4.78, 5) is 4.51. The van der Waals surface area contributed by atoms with Gasteiger partial charge in [0.05, 0.1) is 19.7 Å². The summed E-state index contributed by atoms with van der Waals surface area (Å²) in [6.07, 6.45) is 3.86. The van der Waals surface area contributed by atoms with Crippen LogP contribution in [0.5, 0.6) is 11.5 Å². The number of methoxy groups -OCH3 is 2. The molecule has 0 aliphatic heterocycles. The lowest BCUT2D eigenvalue weighted by atomic mass is 10.0. The van der Waals surface area contributed by atoms with Gasteiger partial charge in [-0.25, -0.2) is 0 Å². The first-order valence-electron chi connectivity index (χ1n) is 7.35. The summed E-state index contributed by atoms with van der Waals surface area (Å²) in [6, 6.07) is 16.5. The van der Waals surface area contributed by atoms with Crippen molar-refractivity contribution in [1.29, 1.82) is 0 Å². The molecule has 3 heteroatoms. The fraction of sp³-hybridized carbons (Fsp3) is 0.211. The van der Waals surface area contributed by atoms with Crippen LogP contribution in [0.25, 0.3) is 10.9 Å². The number of aryl methyl sites for hydroxylation is 2. The van der Waals surface area contributed by atoms with Gasteiger partial charge in [-0.3, -0.25) is 4.98 Å². The summed E-state index contributed by atoms with van der Waals surface area (Å²) in [5, 5.41) is 1.19. The number of nitrogens with zero attached hydrogens (tertiary/aromatic N) is 1. The van der Waals surface area contributed by atoms with Crippen LogP contribution in [0.2, 0.25) is 0 Å². The van der Waals surface area contributed by atoms with E-state index in [0.717, 1.165) is 29.9 Å². The van der Waals surface area contributed by atoms with Crippen LogP contribution < -0.4 is 9.47 Å². The molecule has 0 spiro atoms. The van der Waals surface area contributed by atoms with E-state index in [1.165, 1.54) is 16.5 Å². The molecule has 0 radical (unpaired) electrons. The van der Waals surface area contributed by atoms with E-state index >= 15 is 0 Å². The third-order valence-corrected chi connectivity index (χ3v) is 3.80. The van der Waals surface area contributed by atoms with Gasteiger partial charge in [-0.1, -0.05) is 24.3 Å². The van der Waals surface area contributed by atoms with Crippen molar-refractivity contribution >= 4 is 10.9 Å². The molecule has 1 heterocycles. The van der Waals surface area contributed by atoms with E-state index in [-0.39, 0.29) is 0 Å². The van der Waals surface area contributed by atoms with Crippen molar-refractivity contribution in [1.82, 2.24) is 4.98 Å². The molecule has 0 saturated heterocycles. The summed E-state index contributed by atoms with van der Waals surface area (Å²) in [5.74, 6) is 1.54.